The summed E-state index contributed by atoms with van der Waals surface area (Å²) in [4.78, 5) is 8.38. The molecular formula is C25H34N4. The summed E-state index contributed by atoms with van der Waals surface area (Å²) in [5.74, 6) is 0.706. The standard InChI is InChI=1S/C12H18N2.C11H10N2.C2H6/c1-13-12-6-2-4-10(8-12)11-5-3-7-14-9-11;1-9-3-2-4-11(13-9)10-5-7-12-8-6-10;1-2/h2,4,6,8,11,13-14H,3,5,7,9H2,1H3;2-8H,1H3;1-2H3. The number of hydrogen-bond donors (Lipinski definition) is 2. The summed E-state index contributed by atoms with van der Waals surface area (Å²) in [5.41, 5.74) is 5.83. The summed E-state index contributed by atoms with van der Waals surface area (Å²) < 4.78 is 0. The molecule has 4 nitrogen and oxygen atoms in total. The van der Waals surface area contributed by atoms with Gasteiger partial charge in [-0.05, 0) is 74.2 Å². The molecule has 0 saturated carbocycles. The molecule has 4 heteroatoms. The van der Waals surface area contributed by atoms with Gasteiger partial charge >= 0.3 is 0 Å². The quantitative estimate of drug-likeness (QED) is 0.605. The molecule has 1 saturated heterocycles. The maximum atomic E-state index is 4.42. The van der Waals surface area contributed by atoms with Gasteiger partial charge in [-0.25, -0.2) is 0 Å². The monoisotopic (exact) mass is 390 g/mol. The number of pyridine rings is 2. The molecule has 1 aliphatic heterocycles. The van der Waals surface area contributed by atoms with E-state index < -0.39 is 0 Å². The van der Waals surface area contributed by atoms with Crippen LogP contribution in [0, 0.1) is 6.92 Å². The fraction of sp³-hybridized carbons (Fsp3) is 0.360. The number of anilines is 1. The maximum absolute atomic E-state index is 4.42. The molecule has 0 aliphatic carbocycles. The topological polar surface area (TPSA) is 49.8 Å². The summed E-state index contributed by atoms with van der Waals surface area (Å²) >= 11 is 0. The van der Waals surface area contributed by atoms with Gasteiger partial charge in [-0.1, -0.05) is 32.0 Å². The fourth-order valence-electron chi connectivity index (χ4n) is 3.31. The average Bonchev–Trinajstić information content (AvgIpc) is 2.82. The first kappa shape index (κ1) is 22.6. The van der Waals surface area contributed by atoms with Crippen molar-refractivity contribution >= 4 is 5.69 Å². The Morgan fingerprint density at radius 2 is 1.76 bits per heavy atom. The van der Waals surface area contributed by atoms with Crippen LogP contribution in [0.15, 0.2) is 67.0 Å². The van der Waals surface area contributed by atoms with E-state index in [1.807, 2.05) is 58.2 Å². The van der Waals surface area contributed by atoms with Crippen LogP contribution in [0.5, 0.6) is 0 Å². The molecule has 3 heterocycles. The van der Waals surface area contributed by atoms with Gasteiger partial charge in [0.25, 0.3) is 0 Å². The molecule has 1 aliphatic rings. The molecule has 0 radical (unpaired) electrons. The van der Waals surface area contributed by atoms with Crippen molar-refractivity contribution in [1.82, 2.24) is 15.3 Å². The van der Waals surface area contributed by atoms with Crippen LogP contribution in [0.25, 0.3) is 11.3 Å². The SMILES string of the molecule is CC.CNc1cccc(C2CCCNC2)c1.Cc1cccc(-c2ccncc2)n1. The lowest BCUT2D eigenvalue weighted by molar-refractivity contribution is 0.462. The molecule has 1 aromatic carbocycles. The lowest BCUT2D eigenvalue weighted by Crippen LogP contribution is -2.28. The fourth-order valence-corrected chi connectivity index (χ4v) is 3.31. The van der Waals surface area contributed by atoms with Crippen LogP contribution in [0.2, 0.25) is 0 Å². The van der Waals surface area contributed by atoms with E-state index in [0.29, 0.717) is 5.92 Å². The van der Waals surface area contributed by atoms with Crippen molar-refractivity contribution in [3.63, 3.8) is 0 Å². The van der Waals surface area contributed by atoms with E-state index in [9.17, 15) is 0 Å². The molecular weight excluding hydrogens is 356 g/mol. The second kappa shape index (κ2) is 12.7. The highest BCUT2D eigenvalue weighted by molar-refractivity contribution is 5.57. The Hall–Kier alpha value is -2.72. The third kappa shape index (κ3) is 7.31. The van der Waals surface area contributed by atoms with Gasteiger partial charge in [0, 0.05) is 42.9 Å². The van der Waals surface area contributed by atoms with E-state index in [4.69, 9.17) is 0 Å². The Labute approximate surface area is 175 Å². The second-order valence-corrected chi connectivity index (χ2v) is 6.82. The molecule has 154 valence electrons. The van der Waals surface area contributed by atoms with Crippen LogP contribution in [-0.4, -0.2) is 30.1 Å². The van der Waals surface area contributed by atoms with Gasteiger partial charge < -0.3 is 10.6 Å². The minimum atomic E-state index is 0.706. The first-order valence-electron chi connectivity index (χ1n) is 10.6. The highest BCUT2D eigenvalue weighted by Gasteiger charge is 2.14. The third-order valence-corrected chi connectivity index (χ3v) is 4.81. The minimum absolute atomic E-state index is 0.706. The Balaban J connectivity index is 0.000000191. The lowest BCUT2D eigenvalue weighted by atomic mass is 9.91. The predicted octanol–water partition coefficient (Wildman–Crippen LogP) is 5.67. The van der Waals surface area contributed by atoms with Gasteiger partial charge in [-0.3, -0.25) is 9.97 Å². The van der Waals surface area contributed by atoms with E-state index in [1.165, 1.54) is 30.6 Å². The molecule has 4 rings (SSSR count). The highest BCUT2D eigenvalue weighted by atomic mass is 14.9. The van der Waals surface area contributed by atoms with Crippen molar-refractivity contribution in [1.29, 1.82) is 0 Å². The molecule has 0 spiro atoms. The van der Waals surface area contributed by atoms with Crippen LogP contribution in [-0.2, 0) is 0 Å². The molecule has 3 aromatic rings. The summed E-state index contributed by atoms with van der Waals surface area (Å²) in [6, 6.07) is 18.7. The summed E-state index contributed by atoms with van der Waals surface area (Å²) in [7, 11) is 1.97. The Morgan fingerprint density at radius 1 is 1.00 bits per heavy atom. The van der Waals surface area contributed by atoms with Gasteiger partial charge in [0.1, 0.15) is 0 Å². The molecule has 2 aromatic heterocycles. The normalized spacial score (nSPS) is 15.2. The number of nitrogens with one attached hydrogen (secondary N) is 2. The first-order valence-corrected chi connectivity index (χ1v) is 10.6. The van der Waals surface area contributed by atoms with Crippen molar-refractivity contribution < 1.29 is 0 Å². The van der Waals surface area contributed by atoms with Crippen LogP contribution in [0.3, 0.4) is 0 Å². The number of piperidine rings is 1. The van der Waals surface area contributed by atoms with E-state index in [1.54, 1.807) is 12.4 Å². The van der Waals surface area contributed by atoms with Gasteiger partial charge in [-0.2, -0.15) is 0 Å². The Kier molecular flexibility index (Phi) is 9.87. The number of rotatable bonds is 3. The van der Waals surface area contributed by atoms with Crippen molar-refractivity contribution in [3.05, 3.63) is 78.2 Å². The third-order valence-electron chi connectivity index (χ3n) is 4.81. The van der Waals surface area contributed by atoms with E-state index in [0.717, 1.165) is 23.5 Å². The summed E-state index contributed by atoms with van der Waals surface area (Å²) in [5, 5.41) is 6.64. The number of aryl methyl sites for hydroxylation is 1. The largest absolute Gasteiger partial charge is 0.388 e. The van der Waals surface area contributed by atoms with Gasteiger partial charge in [0.2, 0.25) is 0 Å². The first-order chi connectivity index (χ1) is 14.3. The van der Waals surface area contributed by atoms with Crippen molar-refractivity contribution in [2.45, 2.75) is 39.5 Å². The predicted molar refractivity (Wildman–Crippen MR) is 124 cm³/mol. The Morgan fingerprint density at radius 3 is 2.41 bits per heavy atom. The van der Waals surface area contributed by atoms with Crippen molar-refractivity contribution in [2.75, 3.05) is 25.5 Å². The van der Waals surface area contributed by atoms with Gasteiger partial charge in [0.05, 0.1) is 5.69 Å². The number of hydrogen-bond acceptors (Lipinski definition) is 4. The van der Waals surface area contributed by atoms with E-state index in [-0.39, 0.29) is 0 Å². The maximum Gasteiger partial charge on any atom is 0.0706 e. The van der Waals surface area contributed by atoms with Crippen LogP contribution in [0.4, 0.5) is 5.69 Å². The van der Waals surface area contributed by atoms with Crippen molar-refractivity contribution in [2.24, 2.45) is 0 Å². The number of aromatic nitrogens is 2. The minimum Gasteiger partial charge on any atom is -0.388 e. The summed E-state index contributed by atoms with van der Waals surface area (Å²) in [6.45, 7) is 8.31. The second-order valence-electron chi connectivity index (χ2n) is 6.82. The zero-order valence-corrected chi connectivity index (χ0v) is 18.2. The van der Waals surface area contributed by atoms with Gasteiger partial charge in [-0.15, -0.1) is 0 Å². The molecule has 0 amide bonds. The van der Waals surface area contributed by atoms with Crippen LogP contribution >= 0.6 is 0 Å². The molecule has 0 bridgehead atoms. The molecule has 1 atom stereocenters. The van der Waals surface area contributed by atoms with E-state index >= 15 is 0 Å². The molecule has 2 N–H and O–H groups in total. The molecule has 1 fully saturated rings. The van der Waals surface area contributed by atoms with Crippen LogP contribution < -0.4 is 10.6 Å². The zero-order chi connectivity index (χ0) is 20.9. The van der Waals surface area contributed by atoms with Gasteiger partial charge in [0.15, 0.2) is 0 Å². The van der Waals surface area contributed by atoms with Crippen LogP contribution in [0.1, 0.15) is 43.9 Å². The molecule has 29 heavy (non-hydrogen) atoms. The Bertz CT molecular complexity index is 827. The molecule has 1 unspecified atom stereocenters. The number of nitrogens with zero attached hydrogens (tertiary/aromatic N) is 2. The zero-order valence-electron chi connectivity index (χ0n) is 18.2. The average molecular weight is 391 g/mol. The number of benzene rings is 1. The lowest BCUT2D eigenvalue weighted by Gasteiger charge is -2.23. The summed E-state index contributed by atoms with van der Waals surface area (Å²) in [6.07, 6.45) is 6.17. The van der Waals surface area contributed by atoms with Crippen molar-refractivity contribution in [3.8, 4) is 11.3 Å². The highest BCUT2D eigenvalue weighted by Crippen LogP contribution is 2.25. The smallest absolute Gasteiger partial charge is 0.0706 e. The van der Waals surface area contributed by atoms with E-state index in [2.05, 4.69) is 44.9 Å².